The third-order valence-electron chi connectivity index (χ3n) is 4.03. The van der Waals surface area contributed by atoms with E-state index in [4.69, 9.17) is 18.9 Å². The van der Waals surface area contributed by atoms with Crippen LogP contribution >= 0.6 is 0 Å². The average molecular weight is 376 g/mol. The highest BCUT2D eigenvalue weighted by molar-refractivity contribution is 5.94. The van der Waals surface area contributed by atoms with Crippen LogP contribution in [0.1, 0.15) is 31.8 Å². The van der Waals surface area contributed by atoms with Crippen molar-refractivity contribution in [2.45, 2.75) is 13.8 Å². The SMILES string of the molecule is COc1cc(OC)c(C(=O)O)cc1Oc1cc(C)c(C(=O)O)c(OC)c1C. The first kappa shape index (κ1) is 19.9. The van der Waals surface area contributed by atoms with Crippen LogP contribution in [0.25, 0.3) is 0 Å². The molecule has 0 fully saturated rings. The van der Waals surface area contributed by atoms with Crippen molar-refractivity contribution in [3.63, 3.8) is 0 Å². The molecule has 0 aliphatic carbocycles. The average Bonchev–Trinajstić information content (AvgIpc) is 2.63. The van der Waals surface area contributed by atoms with E-state index in [2.05, 4.69) is 0 Å². The van der Waals surface area contributed by atoms with Crippen molar-refractivity contribution < 1.29 is 38.7 Å². The van der Waals surface area contributed by atoms with Gasteiger partial charge < -0.3 is 29.2 Å². The zero-order valence-corrected chi connectivity index (χ0v) is 15.6. The summed E-state index contributed by atoms with van der Waals surface area (Å²) in [6, 6.07) is 4.24. The van der Waals surface area contributed by atoms with Crippen LogP contribution in [0, 0.1) is 13.8 Å². The number of ether oxygens (including phenoxy) is 4. The molecule has 0 spiro atoms. The van der Waals surface area contributed by atoms with E-state index in [-0.39, 0.29) is 34.1 Å². The molecule has 0 atom stereocenters. The molecule has 0 heterocycles. The molecule has 8 nitrogen and oxygen atoms in total. The molecule has 0 saturated carbocycles. The van der Waals surface area contributed by atoms with E-state index >= 15 is 0 Å². The van der Waals surface area contributed by atoms with Crippen molar-refractivity contribution in [3.8, 4) is 28.7 Å². The lowest BCUT2D eigenvalue weighted by atomic mass is 10.0. The van der Waals surface area contributed by atoms with E-state index < -0.39 is 11.9 Å². The predicted molar refractivity (Wildman–Crippen MR) is 96.0 cm³/mol. The number of carbonyl (C=O) groups is 2. The number of hydrogen-bond donors (Lipinski definition) is 2. The van der Waals surface area contributed by atoms with Gasteiger partial charge in [0.15, 0.2) is 11.5 Å². The standard InChI is InChI=1S/C19H20O8/c1-9-6-12(10(2)17(26-5)16(9)19(22)23)27-15-7-11(18(20)21)13(24-3)8-14(15)25-4/h6-8H,1-5H3,(H,20,21)(H,22,23). The Labute approximate surface area is 155 Å². The normalized spacial score (nSPS) is 10.3. The summed E-state index contributed by atoms with van der Waals surface area (Å²) in [6.45, 7) is 3.26. The molecular weight excluding hydrogens is 356 g/mol. The predicted octanol–water partition coefficient (Wildman–Crippen LogP) is 3.52. The van der Waals surface area contributed by atoms with Crippen molar-refractivity contribution in [2.75, 3.05) is 21.3 Å². The van der Waals surface area contributed by atoms with Crippen molar-refractivity contribution >= 4 is 11.9 Å². The molecule has 0 bridgehead atoms. The van der Waals surface area contributed by atoms with Gasteiger partial charge in [-0.25, -0.2) is 9.59 Å². The largest absolute Gasteiger partial charge is 0.496 e. The maximum absolute atomic E-state index is 11.5. The fourth-order valence-electron chi connectivity index (χ4n) is 2.72. The zero-order chi connectivity index (χ0) is 20.3. The second-order valence-corrected chi connectivity index (χ2v) is 5.64. The first-order chi connectivity index (χ1) is 12.7. The van der Waals surface area contributed by atoms with Gasteiger partial charge in [-0.3, -0.25) is 0 Å². The third-order valence-corrected chi connectivity index (χ3v) is 4.03. The molecule has 144 valence electrons. The number of hydrogen-bond acceptors (Lipinski definition) is 6. The lowest BCUT2D eigenvalue weighted by molar-refractivity contribution is 0.0681. The minimum absolute atomic E-state index is 0.0373. The molecule has 2 aromatic carbocycles. The van der Waals surface area contributed by atoms with Gasteiger partial charge >= 0.3 is 11.9 Å². The Morgan fingerprint density at radius 1 is 0.778 bits per heavy atom. The first-order valence-electron chi connectivity index (χ1n) is 7.83. The van der Waals surface area contributed by atoms with Gasteiger partial charge in [-0.05, 0) is 25.5 Å². The van der Waals surface area contributed by atoms with Crippen LogP contribution in [-0.4, -0.2) is 43.5 Å². The van der Waals surface area contributed by atoms with Crippen LogP contribution in [0.5, 0.6) is 28.7 Å². The molecule has 2 N–H and O–H groups in total. The summed E-state index contributed by atoms with van der Waals surface area (Å²) < 4.78 is 21.4. The number of aryl methyl sites for hydroxylation is 1. The summed E-state index contributed by atoms with van der Waals surface area (Å²) in [5, 5.41) is 18.8. The van der Waals surface area contributed by atoms with Crippen LogP contribution in [0.3, 0.4) is 0 Å². The van der Waals surface area contributed by atoms with Gasteiger partial charge in [0.1, 0.15) is 28.4 Å². The van der Waals surface area contributed by atoms with Crippen LogP contribution in [0.15, 0.2) is 18.2 Å². The van der Waals surface area contributed by atoms with E-state index in [0.29, 0.717) is 16.9 Å². The molecule has 0 aliphatic rings. The van der Waals surface area contributed by atoms with Gasteiger partial charge in [0.05, 0.1) is 21.3 Å². The maximum atomic E-state index is 11.5. The number of rotatable bonds is 7. The van der Waals surface area contributed by atoms with Gasteiger partial charge in [-0.1, -0.05) is 0 Å². The van der Waals surface area contributed by atoms with Crippen molar-refractivity contribution in [2.24, 2.45) is 0 Å². The maximum Gasteiger partial charge on any atom is 0.339 e. The summed E-state index contributed by atoms with van der Waals surface area (Å²) in [4.78, 5) is 23.0. The lowest BCUT2D eigenvalue weighted by Crippen LogP contribution is -2.07. The molecule has 27 heavy (non-hydrogen) atoms. The molecule has 0 unspecified atom stereocenters. The number of benzene rings is 2. The third kappa shape index (κ3) is 3.74. The number of carboxylic acid groups (broad SMARTS) is 2. The molecule has 0 aliphatic heterocycles. The lowest BCUT2D eigenvalue weighted by Gasteiger charge is -2.18. The van der Waals surface area contributed by atoms with Gasteiger partial charge in [0.2, 0.25) is 0 Å². The molecule has 2 rings (SSSR count). The van der Waals surface area contributed by atoms with Gasteiger partial charge in [0.25, 0.3) is 0 Å². The van der Waals surface area contributed by atoms with Crippen LogP contribution in [0.2, 0.25) is 0 Å². The van der Waals surface area contributed by atoms with Gasteiger partial charge in [-0.15, -0.1) is 0 Å². The topological polar surface area (TPSA) is 112 Å². The Morgan fingerprint density at radius 2 is 1.41 bits per heavy atom. The van der Waals surface area contributed by atoms with E-state index in [1.165, 1.54) is 33.5 Å². The van der Waals surface area contributed by atoms with E-state index in [9.17, 15) is 19.8 Å². The molecule has 0 radical (unpaired) electrons. The first-order valence-corrected chi connectivity index (χ1v) is 7.83. The summed E-state index contributed by atoms with van der Waals surface area (Å²) in [5.74, 6) is -1.30. The van der Waals surface area contributed by atoms with Crippen molar-refractivity contribution in [3.05, 3.63) is 40.5 Å². The van der Waals surface area contributed by atoms with Crippen molar-refractivity contribution in [1.82, 2.24) is 0 Å². The quantitative estimate of drug-likeness (QED) is 0.755. The summed E-state index contributed by atoms with van der Waals surface area (Å²) in [6.07, 6.45) is 0. The second-order valence-electron chi connectivity index (χ2n) is 5.64. The molecule has 0 saturated heterocycles. The minimum Gasteiger partial charge on any atom is -0.496 e. The van der Waals surface area contributed by atoms with E-state index in [0.717, 1.165) is 0 Å². The van der Waals surface area contributed by atoms with Gasteiger partial charge in [-0.2, -0.15) is 0 Å². The highest BCUT2D eigenvalue weighted by Crippen LogP contribution is 2.41. The highest BCUT2D eigenvalue weighted by Gasteiger charge is 2.23. The molecule has 0 amide bonds. The molecule has 8 heteroatoms. The van der Waals surface area contributed by atoms with E-state index in [1.807, 2.05) is 0 Å². The monoisotopic (exact) mass is 376 g/mol. The Bertz CT molecular complexity index is 901. The molecule has 2 aromatic rings. The van der Waals surface area contributed by atoms with Crippen LogP contribution in [-0.2, 0) is 0 Å². The molecular formula is C19H20O8. The Balaban J connectivity index is 2.63. The Kier molecular flexibility index (Phi) is 5.79. The number of aromatic carboxylic acids is 2. The molecule has 0 aromatic heterocycles. The number of carboxylic acids is 2. The summed E-state index contributed by atoms with van der Waals surface area (Å²) >= 11 is 0. The van der Waals surface area contributed by atoms with Crippen molar-refractivity contribution in [1.29, 1.82) is 0 Å². The second kappa shape index (κ2) is 7.86. The zero-order valence-electron chi connectivity index (χ0n) is 15.6. The highest BCUT2D eigenvalue weighted by atomic mass is 16.5. The fourth-order valence-corrected chi connectivity index (χ4v) is 2.72. The van der Waals surface area contributed by atoms with Crippen LogP contribution < -0.4 is 18.9 Å². The summed E-state index contributed by atoms with van der Waals surface area (Å²) in [5.41, 5.74) is 0.827. The minimum atomic E-state index is -1.19. The van der Waals surface area contributed by atoms with E-state index in [1.54, 1.807) is 19.9 Å². The smallest absolute Gasteiger partial charge is 0.339 e. The van der Waals surface area contributed by atoms with Crippen LogP contribution in [0.4, 0.5) is 0 Å². The Hall–Kier alpha value is -3.42. The number of methoxy groups -OCH3 is 3. The fraction of sp³-hybridized carbons (Fsp3) is 0.263. The van der Waals surface area contributed by atoms with Gasteiger partial charge in [0, 0.05) is 17.7 Å². The Morgan fingerprint density at radius 3 is 1.89 bits per heavy atom. The summed E-state index contributed by atoms with van der Waals surface area (Å²) in [7, 11) is 4.13.